The van der Waals surface area contributed by atoms with Crippen molar-refractivity contribution in [3.05, 3.63) is 52.2 Å². The van der Waals surface area contributed by atoms with Crippen molar-refractivity contribution in [1.29, 1.82) is 0 Å². The average molecular weight is 330 g/mol. The van der Waals surface area contributed by atoms with Gasteiger partial charge in [-0.05, 0) is 29.6 Å². The Morgan fingerprint density at radius 3 is 2.43 bits per heavy atom. The molecule has 0 saturated carbocycles. The van der Waals surface area contributed by atoms with Crippen molar-refractivity contribution < 1.29 is 14.7 Å². The summed E-state index contributed by atoms with van der Waals surface area (Å²) in [6, 6.07) is 10.3. The van der Waals surface area contributed by atoms with Crippen LogP contribution < -0.4 is 0 Å². The minimum Gasteiger partial charge on any atom is -0.508 e. The van der Waals surface area contributed by atoms with Gasteiger partial charge in [-0.25, -0.2) is 0 Å². The third-order valence-corrected chi connectivity index (χ3v) is 4.79. The number of phenolic OH excluding ortho intramolecular Hbond substituents is 1. The molecule has 0 aliphatic carbocycles. The van der Waals surface area contributed by atoms with E-state index in [2.05, 4.69) is 0 Å². The van der Waals surface area contributed by atoms with E-state index in [0.717, 1.165) is 4.88 Å². The van der Waals surface area contributed by atoms with Crippen molar-refractivity contribution in [2.45, 2.75) is 6.42 Å². The lowest BCUT2D eigenvalue weighted by molar-refractivity contribution is -0.131. The highest BCUT2D eigenvalue weighted by Crippen LogP contribution is 2.15. The maximum absolute atomic E-state index is 12.4. The van der Waals surface area contributed by atoms with Crippen molar-refractivity contribution in [1.82, 2.24) is 9.80 Å². The Balaban J connectivity index is 1.55. The van der Waals surface area contributed by atoms with Gasteiger partial charge in [0.05, 0.1) is 6.42 Å². The zero-order valence-corrected chi connectivity index (χ0v) is 13.5. The third kappa shape index (κ3) is 3.71. The van der Waals surface area contributed by atoms with Crippen molar-refractivity contribution in [3.63, 3.8) is 0 Å². The van der Waals surface area contributed by atoms with Gasteiger partial charge in [0.2, 0.25) is 5.91 Å². The molecular weight excluding hydrogens is 312 g/mol. The Bertz CT molecular complexity index is 692. The lowest BCUT2D eigenvalue weighted by Gasteiger charge is -2.34. The van der Waals surface area contributed by atoms with E-state index in [4.69, 9.17) is 0 Å². The van der Waals surface area contributed by atoms with E-state index in [1.807, 2.05) is 22.4 Å². The number of aromatic hydroxyl groups is 1. The van der Waals surface area contributed by atoms with Crippen molar-refractivity contribution in [2.75, 3.05) is 26.2 Å². The fraction of sp³-hybridized carbons (Fsp3) is 0.294. The highest BCUT2D eigenvalue weighted by atomic mass is 32.1. The van der Waals surface area contributed by atoms with Gasteiger partial charge >= 0.3 is 0 Å². The Labute approximate surface area is 138 Å². The molecule has 6 heteroatoms. The highest BCUT2D eigenvalue weighted by Gasteiger charge is 2.25. The van der Waals surface area contributed by atoms with Crippen LogP contribution in [0.25, 0.3) is 0 Å². The van der Waals surface area contributed by atoms with Crippen molar-refractivity contribution >= 4 is 23.2 Å². The molecule has 1 aliphatic rings. The number of nitrogens with zero attached hydrogens (tertiary/aromatic N) is 2. The SMILES string of the molecule is O=C(Cc1cccs1)N1CCN(C(=O)c2cccc(O)c2)CC1. The molecule has 2 aromatic rings. The minimum absolute atomic E-state index is 0.0839. The third-order valence-electron chi connectivity index (χ3n) is 3.92. The van der Waals surface area contributed by atoms with Crippen LogP contribution in [0.4, 0.5) is 0 Å². The second-order valence-corrected chi connectivity index (χ2v) is 6.51. The van der Waals surface area contributed by atoms with Crippen LogP contribution in [-0.4, -0.2) is 52.9 Å². The number of carbonyl (C=O) groups is 2. The first-order valence-electron chi connectivity index (χ1n) is 7.52. The Kier molecular flexibility index (Phi) is 4.62. The molecule has 2 heterocycles. The molecular formula is C17H18N2O3S. The smallest absolute Gasteiger partial charge is 0.254 e. The minimum atomic E-state index is -0.105. The molecule has 1 aliphatic heterocycles. The Morgan fingerprint density at radius 1 is 1.04 bits per heavy atom. The van der Waals surface area contributed by atoms with Gasteiger partial charge in [0.15, 0.2) is 0 Å². The molecule has 1 N–H and O–H groups in total. The molecule has 120 valence electrons. The summed E-state index contributed by atoms with van der Waals surface area (Å²) in [4.78, 5) is 29.3. The summed E-state index contributed by atoms with van der Waals surface area (Å²) in [6.45, 7) is 2.14. The summed E-state index contributed by atoms with van der Waals surface area (Å²) >= 11 is 1.58. The first kappa shape index (κ1) is 15.6. The van der Waals surface area contributed by atoms with Gasteiger partial charge in [0.25, 0.3) is 5.91 Å². The van der Waals surface area contributed by atoms with Gasteiger partial charge in [-0.1, -0.05) is 12.1 Å². The Hall–Kier alpha value is -2.34. The number of piperazine rings is 1. The van der Waals surface area contributed by atoms with Crippen LogP contribution in [0.15, 0.2) is 41.8 Å². The van der Waals surface area contributed by atoms with Crippen molar-refractivity contribution in [2.24, 2.45) is 0 Å². The van der Waals surface area contributed by atoms with Gasteiger partial charge in [-0.2, -0.15) is 0 Å². The maximum atomic E-state index is 12.4. The molecule has 1 saturated heterocycles. The summed E-state index contributed by atoms with van der Waals surface area (Å²) < 4.78 is 0. The molecule has 0 atom stereocenters. The normalized spacial score (nSPS) is 14.8. The van der Waals surface area contributed by atoms with Crippen LogP contribution in [0.2, 0.25) is 0 Å². The summed E-state index contributed by atoms with van der Waals surface area (Å²) in [7, 11) is 0. The number of thiophene rings is 1. The topological polar surface area (TPSA) is 60.9 Å². The van der Waals surface area contributed by atoms with Gasteiger partial charge in [-0.3, -0.25) is 9.59 Å². The summed E-state index contributed by atoms with van der Waals surface area (Å²) in [6.07, 6.45) is 0.429. The highest BCUT2D eigenvalue weighted by molar-refractivity contribution is 7.10. The second-order valence-electron chi connectivity index (χ2n) is 5.48. The van der Waals surface area contributed by atoms with Crippen LogP contribution in [0.1, 0.15) is 15.2 Å². The van der Waals surface area contributed by atoms with Crippen LogP contribution in [0, 0.1) is 0 Å². The molecule has 5 nitrogen and oxygen atoms in total. The van der Waals surface area contributed by atoms with E-state index in [9.17, 15) is 14.7 Å². The largest absolute Gasteiger partial charge is 0.508 e. The molecule has 0 spiro atoms. The van der Waals surface area contributed by atoms with E-state index in [1.54, 1.807) is 28.4 Å². The standard InChI is InChI=1S/C17H18N2O3S/c20-14-4-1-3-13(11-14)17(22)19-8-6-18(7-9-19)16(21)12-15-5-2-10-23-15/h1-5,10-11,20H,6-9,12H2. The first-order valence-corrected chi connectivity index (χ1v) is 8.40. The van der Waals surface area contributed by atoms with Crippen LogP contribution in [0.3, 0.4) is 0 Å². The molecule has 1 aromatic heterocycles. The summed E-state index contributed by atoms with van der Waals surface area (Å²) in [5.74, 6) is 0.0868. The van der Waals surface area contributed by atoms with Gasteiger partial charge in [-0.15, -0.1) is 11.3 Å². The number of hydrogen-bond acceptors (Lipinski definition) is 4. The molecule has 0 bridgehead atoms. The van der Waals surface area contributed by atoms with E-state index in [0.29, 0.717) is 38.2 Å². The number of phenols is 1. The number of amides is 2. The fourth-order valence-electron chi connectivity index (χ4n) is 2.65. The predicted octanol–water partition coefficient (Wildman–Crippen LogP) is 1.98. The molecule has 23 heavy (non-hydrogen) atoms. The fourth-order valence-corrected chi connectivity index (χ4v) is 3.35. The zero-order chi connectivity index (χ0) is 16.2. The van der Waals surface area contributed by atoms with E-state index in [1.165, 1.54) is 12.1 Å². The van der Waals surface area contributed by atoms with E-state index < -0.39 is 0 Å². The lowest BCUT2D eigenvalue weighted by atomic mass is 10.1. The maximum Gasteiger partial charge on any atom is 0.254 e. The molecule has 3 rings (SSSR count). The van der Waals surface area contributed by atoms with E-state index in [-0.39, 0.29) is 17.6 Å². The molecule has 2 amide bonds. The lowest BCUT2D eigenvalue weighted by Crippen LogP contribution is -2.50. The number of hydrogen-bond donors (Lipinski definition) is 1. The molecule has 0 radical (unpaired) electrons. The average Bonchev–Trinajstić information content (AvgIpc) is 3.07. The molecule has 1 fully saturated rings. The van der Waals surface area contributed by atoms with Crippen LogP contribution in [-0.2, 0) is 11.2 Å². The number of carbonyl (C=O) groups excluding carboxylic acids is 2. The molecule has 1 aromatic carbocycles. The monoisotopic (exact) mass is 330 g/mol. The number of benzene rings is 1. The first-order chi connectivity index (χ1) is 11.1. The van der Waals surface area contributed by atoms with Crippen LogP contribution in [0.5, 0.6) is 5.75 Å². The van der Waals surface area contributed by atoms with Gasteiger partial charge in [0, 0.05) is 36.6 Å². The van der Waals surface area contributed by atoms with E-state index >= 15 is 0 Å². The zero-order valence-electron chi connectivity index (χ0n) is 12.6. The number of rotatable bonds is 3. The summed E-state index contributed by atoms with van der Waals surface area (Å²) in [5.41, 5.74) is 0.475. The summed E-state index contributed by atoms with van der Waals surface area (Å²) in [5, 5.41) is 11.4. The Morgan fingerprint density at radius 2 is 1.78 bits per heavy atom. The predicted molar refractivity (Wildman–Crippen MR) is 88.6 cm³/mol. The second kappa shape index (κ2) is 6.83. The molecule has 0 unspecified atom stereocenters. The van der Waals surface area contributed by atoms with Crippen LogP contribution >= 0.6 is 11.3 Å². The van der Waals surface area contributed by atoms with Gasteiger partial charge in [0.1, 0.15) is 5.75 Å². The quantitative estimate of drug-likeness (QED) is 0.936. The van der Waals surface area contributed by atoms with Gasteiger partial charge < -0.3 is 14.9 Å². The van der Waals surface area contributed by atoms with Crippen molar-refractivity contribution in [3.8, 4) is 5.75 Å².